The van der Waals surface area contributed by atoms with Crippen LogP contribution in [0, 0.1) is 11.3 Å². The average Bonchev–Trinajstić information content (AvgIpc) is 2.89. The molecule has 2 nitrogen and oxygen atoms in total. The number of rotatable bonds is 3. The number of nitrogens with zero attached hydrogens (tertiary/aromatic N) is 1. The Morgan fingerprint density at radius 3 is 2.59 bits per heavy atom. The zero-order valence-electron chi connectivity index (χ0n) is 9.38. The summed E-state index contributed by atoms with van der Waals surface area (Å²) < 4.78 is 5.09. The highest BCUT2D eigenvalue weighted by atomic mass is 32.1. The van der Waals surface area contributed by atoms with Gasteiger partial charge in [0, 0.05) is 4.88 Å². The smallest absolute Gasteiger partial charge is 0.118 e. The maximum Gasteiger partial charge on any atom is 0.118 e. The fourth-order valence-corrected chi connectivity index (χ4v) is 2.12. The molecule has 0 amide bonds. The molecular weight excluding hydrogens is 230 g/mol. The van der Waals surface area contributed by atoms with Crippen molar-refractivity contribution in [1.29, 1.82) is 5.26 Å². The summed E-state index contributed by atoms with van der Waals surface area (Å²) >= 11 is 1.62. The van der Waals surface area contributed by atoms with Gasteiger partial charge in [-0.3, -0.25) is 0 Å². The molecule has 0 aliphatic rings. The number of ether oxygens (including phenoxy) is 1. The Balaban J connectivity index is 2.33. The quantitative estimate of drug-likeness (QED) is 0.765. The van der Waals surface area contributed by atoms with Crippen molar-refractivity contribution in [2.24, 2.45) is 0 Å². The Hall–Kier alpha value is -2.05. The Morgan fingerprint density at radius 1 is 1.29 bits per heavy atom. The molecule has 0 spiro atoms. The molecule has 84 valence electrons. The average molecular weight is 241 g/mol. The molecule has 0 bridgehead atoms. The number of hydrogen-bond donors (Lipinski definition) is 0. The molecular formula is C14H11NOS. The Labute approximate surface area is 104 Å². The third-order valence-corrected chi connectivity index (χ3v) is 3.17. The molecule has 0 saturated carbocycles. The third kappa shape index (κ3) is 2.74. The molecule has 0 aliphatic heterocycles. The molecule has 0 saturated heterocycles. The molecule has 3 heteroatoms. The van der Waals surface area contributed by atoms with Gasteiger partial charge < -0.3 is 4.74 Å². The molecule has 0 aliphatic carbocycles. The minimum atomic E-state index is 0.662. The van der Waals surface area contributed by atoms with Crippen LogP contribution < -0.4 is 4.74 Å². The highest BCUT2D eigenvalue weighted by Crippen LogP contribution is 2.22. The highest BCUT2D eigenvalue weighted by molar-refractivity contribution is 7.10. The summed E-state index contributed by atoms with van der Waals surface area (Å²) in [5.41, 5.74) is 1.57. The number of nitriles is 1. The predicted molar refractivity (Wildman–Crippen MR) is 70.8 cm³/mol. The lowest BCUT2D eigenvalue weighted by atomic mass is 10.1. The zero-order valence-corrected chi connectivity index (χ0v) is 10.2. The van der Waals surface area contributed by atoms with Gasteiger partial charge in [0.05, 0.1) is 18.8 Å². The molecule has 0 unspecified atom stereocenters. The number of allylic oxidation sites excluding steroid dienone is 1. The minimum absolute atomic E-state index is 0.662. The summed E-state index contributed by atoms with van der Waals surface area (Å²) in [5.74, 6) is 0.794. The maximum absolute atomic E-state index is 9.16. The van der Waals surface area contributed by atoms with E-state index < -0.39 is 0 Å². The van der Waals surface area contributed by atoms with E-state index in [0.29, 0.717) is 5.57 Å². The number of benzene rings is 1. The van der Waals surface area contributed by atoms with Crippen LogP contribution in [-0.4, -0.2) is 7.11 Å². The number of thiophene rings is 1. The van der Waals surface area contributed by atoms with Crippen LogP contribution in [0.25, 0.3) is 11.6 Å². The van der Waals surface area contributed by atoms with Crippen LogP contribution >= 0.6 is 11.3 Å². The van der Waals surface area contributed by atoms with E-state index in [1.54, 1.807) is 18.4 Å². The summed E-state index contributed by atoms with van der Waals surface area (Å²) in [4.78, 5) is 1.08. The van der Waals surface area contributed by atoms with Crippen molar-refractivity contribution in [3.05, 3.63) is 52.2 Å². The second-order valence-corrected chi connectivity index (χ2v) is 4.39. The summed E-state index contributed by atoms with van der Waals surface area (Å²) in [6, 6.07) is 13.7. The molecule has 2 rings (SSSR count). The van der Waals surface area contributed by atoms with Gasteiger partial charge in [0.1, 0.15) is 5.75 Å². The van der Waals surface area contributed by atoms with Crippen LogP contribution in [-0.2, 0) is 0 Å². The van der Waals surface area contributed by atoms with E-state index in [4.69, 9.17) is 10.00 Å². The minimum Gasteiger partial charge on any atom is -0.497 e. The van der Waals surface area contributed by atoms with Crippen molar-refractivity contribution < 1.29 is 4.74 Å². The second kappa shape index (κ2) is 5.33. The van der Waals surface area contributed by atoms with Crippen LogP contribution in [0.3, 0.4) is 0 Å². The first kappa shape index (κ1) is 11.4. The first-order valence-corrected chi connectivity index (χ1v) is 6.01. The predicted octanol–water partition coefficient (Wildman–Crippen LogP) is 3.82. The van der Waals surface area contributed by atoms with Gasteiger partial charge in [-0.05, 0) is 47.4 Å². The SMILES string of the molecule is COc1ccc(/C(C#N)=C/c2cccs2)cc1. The van der Waals surface area contributed by atoms with Crippen molar-refractivity contribution in [2.45, 2.75) is 0 Å². The van der Waals surface area contributed by atoms with Crippen molar-refractivity contribution in [3.63, 3.8) is 0 Å². The highest BCUT2D eigenvalue weighted by Gasteiger charge is 2.01. The van der Waals surface area contributed by atoms with E-state index in [1.807, 2.05) is 47.9 Å². The first-order valence-electron chi connectivity index (χ1n) is 5.13. The van der Waals surface area contributed by atoms with Gasteiger partial charge in [0.2, 0.25) is 0 Å². The molecule has 0 radical (unpaired) electrons. The van der Waals surface area contributed by atoms with Crippen molar-refractivity contribution in [1.82, 2.24) is 0 Å². The zero-order chi connectivity index (χ0) is 12.1. The molecule has 2 aromatic rings. The lowest BCUT2D eigenvalue weighted by Crippen LogP contribution is -1.84. The van der Waals surface area contributed by atoms with Crippen LogP contribution in [0.1, 0.15) is 10.4 Å². The van der Waals surface area contributed by atoms with E-state index >= 15 is 0 Å². The van der Waals surface area contributed by atoms with Crippen LogP contribution in [0.15, 0.2) is 41.8 Å². The van der Waals surface area contributed by atoms with E-state index in [1.165, 1.54) is 0 Å². The van der Waals surface area contributed by atoms with Gasteiger partial charge >= 0.3 is 0 Å². The molecule has 1 heterocycles. The molecule has 1 aromatic carbocycles. The molecule has 1 aromatic heterocycles. The first-order chi connectivity index (χ1) is 8.33. The summed E-state index contributed by atoms with van der Waals surface area (Å²) in [7, 11) is 1.63. The number of methoxy groups -OCH3 is 1. The van der Waals surface area contributed by atoms with Gasteiger partial charge in [-0.2, -0.15) is 5.26 Å². The molecule has 0 atom stereocenters. The van der Waals surface area contributed by atoms with E-state index in [9.17, 15) is 0 Å². The largest absolute Gasteiger partial charge is 0.497 e. The van der Waals surface area contributed by atoms with E-state index in [2.05, 4.69) is 6.07 Å². The van der Waals surface area contributed by atoms with Gasteiger partial charge in [-0.1, -0.05) is 6.07 Å². The lowest BCUT2D eigenvalue weighted by molar-refractivity contribution is 0.415. The maximum atomic E-state index is 9.16. The standard InChI is InChI=1S/C14H11NOS/c1-16-13-6-4-11(5-7-13)12(10-15)9-14-3-2-8-17-14/h2-9H,1H3/b12-9+. The van der Waals surface area contributed by atoms with Crippen molar-refractivity contribution in [2.75, 3.05) is 7.11 Å². The Bertz CT molecular complexity index is 547. The third-order valence-electron chi connectivity index (χ3n) is 2.35. The fraction of sp³-hybridized carbons (Fsp3) is 0.0714. The van der Waals surface area contributed by atoms with E-state index in [0.717, 1.165) is 16.2 Å². The topological polar surface area (TPSA) is 33.0 Å². The Kier molecular flexibility index (Phi) is 3.59. The number of hydrogen-bond acceptors (Lipinski definition) is 3. The molecule has 0 N–H and O–H groups in total. The lowest BCUT2D eigenvalue weighted by Gasteiger charge is -2.01. The second-order valence-electron chi connectivity index (χ2n) is 3.41. The summed E-state index contributed by atoms with van der Waals surface area (Å²) in [5, 5.41) is 11.2. The van der Waals surface area contributed by atoms with Gasteiger partial charge in [0.15, 0.2) is 0 Å². The van der Waals surface area contributed by atoms with E-state index in [-0.39, 0.29) is 0 Å². The van der Waals surface area contributed by atoms with Crippen LogP contribution in [0.4, 0.5) is 0 Å². The summed E-state index contributed by atoms with van der Waals surface area (Å²) in [6.45, 7) is 0. The van der Waals surface area contributed by atoms with Crippen LogP contribution in [0.2, 0.25) is 0 Å². The van der Waals surface area contributed by atoms with Gasteiger partial charge in [0.25, 0.3) is 0 Å². The normalized spacial score (nSPS) is 10.9. The summed E-state index contributed by atoms with van der Waals surface area (Å²) in [6.07, 6.45) is 1.90. The molecule has 17 heavy (non-hydrogen) atoms. The molecule has 0 fully saturated rings. The van der Waals surface area contributed by atoms with Gasteiger partial charge in [-0.25, -0.2) is 0 Å². The van der Waals surface area contributed by atoms with Crippen LogP contribution in [0.5, 0.6) is 5.75 Å². The Morgan fingerprint density at radius 2 is 2.06 bits per heavy atom. The van der Waals surface area contributed by atoms with Gasteiger partial charge in [-0.15, -0.1) is 11.3 Å². The van der Waals surface area contributed by atoms with Crippen molar-refractivity contribution >= 4 is 23.0 Å². The van der Waals surface area contributed by atoms with Crippen molar-refractivity contribution in [3.8, 4) is 11.8 Å². The fourth-order valence-electron chi connectivity index (χ4n) is 1.47. The monoisotopic (exact) mass is 241 g/mol.